The predicted molar refractivity (Wildman–Crippen MR) is 92.6 cm³/mol. The van der Waals surface area contributed by atoms with Crippen LogP contribution in [0.2, 0.25) is 0 Å². The van der Waals surface area contributed by atoms with Crippen molar-refractivity contribution < 1.29 is 13.2 Å². The third-order valence-corrected chi connectivity index (χ3v) is 4.77. The molecule has 1 N–H and O–H groups in total. The van der Waals surface area contributed by atoms with E-state index in [1.54, 1.807) is 60.7 Å². The summed E-state index contributed by atoms with van der Waals surface area (Å²) in [4.78, 5) is 12.3. The molecule has 2 heterocycles. The molecule has 0 spiro atoms. The van der Waals surface area contributed by atoms with Crippen molar-refractivity contribution in [1.82, 2.24) is 19.6 Å². The van der Waals surface area contributed by atoms with Crippen molar-refractivity contribution >= 4 is 21.6 Å². The molecule has 0 atom stereocenters. The Kier molecular flexibility index (Phi) is 4.41. The van der Waals surface area contributed by atoms with Gasteiger partial charge in [0.05, 0.1) is 17.3 Å². The van der Waals surface area contributed by atoms with Crippen LogP contribution in [0.25, 0.3) is 11.1 Å². The molecule has 0 aliphatic heterocycles. The zero-order valence-electron chi connectivity index (χ0n) is 13.7. The number of anilines is 1. The predicted octanol–water partition coefficient (Wildman–Crippen LogP) is 1.33. The summed E-state index contributed by atoms with van der Waals surface area (Å²) in [5.41, 5.74) is 1.62. The first-order valence-electron chi connectivity index (χ1n) is 7.44. The lowest BCUT2D eigenvalue weighted by Gasteiger charge is -2.05. The molecule has 2 aromatic heterocycles. The number of aromatic nitrogens is 4. The number of sulfone groups is 1. The zero-order valence-corrected chi connectivity index (χ0v) is 14.6. The number of carbonyl (C=O) groups excluding carboxylic acids is 1. The summed E-state index contributed by atoms with van der Waals surface area (Å²) in [5, 5.41) is 10.9. The quantitative estimate of drug-likeness (QED) is 0.741. The summed E-state index contributed by atoms with van der Waals surface area (Å²) >= 11 is 0. The van der Waals surface area contributed by atoms with Crippen LogP contribution in [0.4, 0.5) is 5.82 Å². The van der Waals surface area contributed by atoms with Crippen molar-refractivity contribution in [1.29, 1.82) is 0 Å². The lowest BCUT2D eigenvalue weighted by molar-refractivity contribution is -0.116. The smallest absolute Gasteiger partial charge is 0.247 e. The number of carbonyl (C=O) groups is 1. The third kappa shape index (κ3) is 3.94. The average molecular weight is 359 g/mol. The van der Waals surface area contributed by atoms with Gasteiger partial charge in [0.1, 0.15) is 12.4 Å². The molecule has 1 aromatic carbocycles. The molecule has 25 heavy (non-hydrogen) atoms. The first kappa shape index (κ1) is 16.9. The Morgan fingerprint density at radius 3 is 2.44 bits per heavy atom. The lowest BCUT2D eigenvalue weighted by atomic mass is 10.1. The first-order valence-corrected chi connectivity index (χ1v) is 9.33. The molecule has 0 bridgehead atoms. The fourth-order valence-corrected chi connectivity index (χ4v) is 2.95. The molecule has 1 amide bonds. The van der Waals surface area contributed by atoms with Crippen LogP contribution in [0.3, 0.4) is 0 Å². The number of rotatable bonds is 5. The van der Waals surface area contributed by atoms with Crippen LogP contribution < -0.4 is 5.32 Å². The topological polar surface area (TPSA) is 98.9 Å². The van der Waals surface area contributed by atoms with Gasteiger partial charge in [0, 0.05) is 31.1 Å². The molecular formula is C16H17N5O3S. The molecule has 0 unspecified atom stereocenters. The van der Waals surface area contributed by atoms with Crippen LogP contribution in [-0.4, -0.2) is 40.1 Å². The lowest BCUT2D eigenvalue weighted by Crippen LogP contribution is -2.20. The van der Waals surface area contributed by atoms with Gasteiger partial charge in [-0.25, -0.2) is 8.42 Å². The fourth-order valence-electron chi connectivity index (χ4n) is 2.32. The van der Waals surface area contributed by atoms with E-state index < -0.39 is 9.84 Å². The number of benzene rings is 1. The van der Waals surface area contributed by atoms with Crippen molar-refractivity contribution in [3.8, 4) is 11.1 Å². The second-order valence-corrected chi connectivity index (χ2v) is 7.63. The van der Waals surface area contributed by atoms with Crippen molar-refractivity contribution in [2.24, 2.45) is 7.05 Å². The van der Waals surface area contributed by atoms with E-state index in [0.29, 0.717) is 5.82 Å². The highest BCUT2D eigenvalue weighted by atomic mass is 32.2. The summed E-state index contributed by atoms with van der Waals surface area (Å²) in [6, 6.07) is 8.24. The number of hydrogen-bond acceptors (Lipinski definition) is 5. The van der Waals surface area contributed by atoms with E-state index in [1.165, 1.54) is 10.9 Å². The Morgan fingerprint density at radius 1 is 1.12 bits per heavy atom. The number of nitrogens with one attached hydrogen (secondary N) is 1. The highest BCUT2D eigenvalue weighted by Crippen LogP contribution is 2.20. The molecule has 3 rings (SSSR count). The van der Waals surface area contributed by atoms with E-state index in [9.17, 15) is 13.2 Å². The number of hydrogen-bond donors (Lipinski definition) is 1. The maximum Gasteiger partial charge on any atom is 0.247 e. The van der Waals surface area contributed by atoms with E-state index in [2.05, 4.69) is 15.5 Å². The molecule has 0 radical (unpaired) electrons. The second-order valence-electron chi connectivity index (χ2n) is 5.61. The number of nitrogens with zero attached hydrogens (tertiary/aromatic N) is 4. The fraction of sp³-hybridized carbons (Fsp3) is 0.188. The van der Waals surface area contributed by atoms with Crippen LogP contribution >= 0.6 is 0 Å². The van der Waals surface area contributed by atoms with E-state index in [-0.39, 0.29) is 17.3 Å². The SMILES string of the molecule is Cn1nccc1NC(=O)Cn1cc(-c2ccc(S(C)(=O)=O)cc2)cn1. The minimum Gasteiger partial charge on any atom is -0.309 e. The molecule has 8 nitrogen and oxygen atoms in total. The second kappa shape index (κ2) is 6.52. The first-order chi connectivity index (χ1) is 11.8. The largest absolute Gasteiger partial charge is 0.309 e. The monoisotopic (exact) mass is 359 g/mol. The Labute approximate surface area is 145 Å². The maximum absolute atomic E-state index is 12.1. The molecular weight excluding hydrogens is 342 g/mol. The van der Waals surface area contributed by atoms with Gasteiger partial charge in [-0.2, -0.15) is 10.2 Å². The zero-order chi connectivity index (χ0) is 18.0. The molecule has 0 fully saturated rings. The molecule has 0 saturated heterocycles. The van der Waals surface area contributed by atoms with Gasteiger partial charge in [0.25, 0.3) is 0 Å². The molecule has 0 aliphatic rings. The Hall–Kier alpha value is -2.94. The van der Waals surface area contributed by atoms with E-state index in [4.69, 9.17) is 0 Å². The summed E-state index contributed by atoms with van der Waals surface area (Å²) in [6.07, 6.45) is 6.13. The number of aryl methyl sites for hydroxylation is 1. The Balaban J connectivity index is 1.70. The molecule has 0 aliphatic carbocycles. The van der Waals surface area contributed by atoms with Gasteiger partial charge < -0.3 is 5.32 Å². The van der Waals surface area contributed by atoms with Crippen molar-refractivity contribution in [2.75, 3.05) is 11.6 Å². The van der Waals surface area contributed by atoms with Gasteiger partial charge in [-0.3, -0.25) is 14.2 Å². The average Bonchev–Trinajstić information content (AvgIpc) is 3.16. The highest BCUT2D eigenvalue weighted by molar-refractivity contribution is 7.90. The molecule has 0 saturated carbocycles. The standard InChI is InChI=1S/C16H17N5O3S/c1-20-15(7-8-17-20)19-16(22)11-21-10-13(9-18-21)12-3-5-14(6-4-12)25(2,23)24/h3-10H,11H2,1-2H3,(H,19,22). The van der Waals surface area contributed by atoms with Gasteiger partial charge in [0.2, 0.25) is 5.91 Å². The summed E-state index contributed by atoms with van der Waals surface area (Å²) in [5.74, 6) is 0.388. The van der Waals surface area contributed by atoms with Gasteiger partial charge in [-0.05, 0) is 17.7 Å². The molecule has 130 valence electrons. The summed E-state index contributed by atoms with van der Waals surface area (Å²) in [6.45, 7) is 0.0621. The van der Waals surface area contributed by atoms with E-state index in [1.807, 2.05) is 0 Å². The van der Waals surface area contributed by atoms with E-state index >= 15 is 0 Å². The van der Waals surface area contributed by atoms with Gasteiger partial charge in [0.15, 0.2) is 9.84 Å². The van der Waals surface area contributed by atoms with Gasteiger partial charge >= 0.3 is 0 Å². The van der Waals surface area contributed by atoms with Crippen LogP contribution in [0.5, 0.6) is 0 Å². The van der Waals surface area contributed by atoms with Crippen molar-refractivity contribution in [3.05, 3.63) is 48.9 Å². The molecule has 9 heteroatoms. The van der Waals surface area contributed by atoms with E-state index in [0.717, 1.165) is 11.1 Å². The van der Waals surface area contributed by atoms with Crippen LogP contribution in [0.1, 0.15) is 0 Å². The van der Waals surface area contributed by atoms with Crippen LogP contribution in [0, 0.1) is 0 Å². The third-order valence-electron chi connectivity index (χ3n) is 3.64. The Bertz CT molecular complexity index is 1000. The maximum atomic E-state index is 12.1. The molecule has 3 aromatic rings. The summed E-state index contributed by atoms with van der Waals surface area (Å²) < 4.78 is 26.1. The van der Waals surface area contributed by atoms with Crippen LogP contribution in [0.15, 0.2) is 53.8 Å². The Morgan fingerprint density at radius 2 is 1.84 bits per heavy atom. The van der Waals surface area contributed by atoms with Crippen molar-refractivity contribution in [2.45, 2.75) is 11.4 Å². The summed E-state index contributed by atoms with van der Waals surface area (Å²) in [7, 11) is -1.48. The van der Waals surface area contributed by atoms with Gasteiger partial charge in [-0.1, -0.05) is 12.1 Å². The highest BCUT2D eigenvalue weighted by Gasteiger charge is 2.10. The normalized spacial score (nSPS) is 11.4. The van der Waals surface area contributed by atoms with Gasteiger partial charge in [-0.15, -0.1) is 0 Å². The minimum absolute atomic E-state index is 0.0621. The minimum atomic E-state index is -3.22. The van der Waals surface area contributed by atoms with Crippen LogP contribution in [-0.2, 0) is 28.2 Å². The van der Waals surface area contributed by atoms with Crippen molar-refractivity contribution in [3.63, 3.8) is 0 Å². The number of amides is 1.